The van der Waals surface area contributed by atoms with Crippen LogP contribution in [0.4, 0.5) is 4.79 Å². The first kappa shape index (κ1) is 18.6. The predicted molar refractivity (Wildman–Crippen MR) is 104 cm³/mol. The van der Waals surface area contributed by atoms with Crippen molar-refractivity contribution in [1.29, 1.82) is 0 Å². The van der Waals surface area contributed by atoms with Gasteiger partial charge in [0, 0.05) is 24.8 Å². The van der Waals surface area contributed by atoms with E-state index in [0.717, 1.165) is 36.8 Å². The van der Waals surface area contributed by atoms with E-state index in [-0.39, 0.29) is 23.9 Å². The minimum Gasteiger partial charge on any atom is -0.508 e. The molecule has 5 unspecified atom stereocenters. The number of nitrogens with one attached hydrogen (secondary N) is 1. The van der Waals surface area contributed by atoms with Gasteiger partial charge in [0.05, 0.1) is 12.6 Å². The highest BCUT2D eigenvalue weighted by Gasteiger charge is 2.42. The number of amides is 2. The molecule has 0 radical (unpaired) electrons. The number of carbonyl (C=O) groups is 1. The molecular formula is C22H32N2O3. The molecule has 4 rings (SSSR count). The average Bonchev–Trinajstić information content (AvgIpc) is 3.41. The Morgan fingerprint density at radius 3 is 2.81 bits per heavy atom. The lowest BCUT2D eigenvalue weighted by Crippen LogP contribution is -2.48. The Morgan fingerprint density at radius 2 is 2.15 bits per heavy atom. The molecule has 2 amide bonds. The molecule has 2 N–H and O–H groups in total. The van der Waals surface area contributed by atoms with Crippen molar-refractivity contribution >= 4 is 6.03 Å². The maximum Gasteiger partial charge on any atom is 0.318 e. The van der Waals surface area contributed by atoms with Crippen LogP contribution < -0.4 is 5.32 Å². The van der Waals surface area contributed by atoms with Crippen molar-refractivity contribution in [2.24, 2.45) is 17.8 Å². The monoisotopic (exact) mass is 372 g/mol. The average molecular weight is 373 g/mol. The van der Waals surface area contributed by atoms with Crippen LogP contribution in [0.2, 0.25) is 0 Å². The van der Waals surface area contributed by atoms with Crippen LogP contribution in [0.5, 0.6) is 5.75 Å². The molecule has 1 aromatic carbocycles. The standard InChI is InChI=1S/C22H32N2O3/c1-15(20-12-16-8-9-17(20)11-16)23-22(26)24(14-19-6-4-10-27-19)13-18-5-2-3-7-21(18)25/h2-3,5,7,15-17,19-20,25H,4,6,8-14H2,1H3,(H,23,26). The largest absolute Gasteiger partial charge is 0.508 e. The maximum absolute atomic E-state index is 13.1. The van der Waals surface area contributed by atoms with Gasteiger partial charge < -0.3 is 20.1 Å². The first-order valence-electron chi connectivity index (χ1n) is 10.5. The molecule has 148 valence electrons. The molecule has 0 spiro atoms. The highest BCUT2D eigenvalue weighted by Crippen LogP contribution is 2.49. The van der Waals surface area contributed by atoms with Crippen molar-refractivity contribution in [3.8, 4) is 5.75 Å². The Labute approximate surface area is 162 Å². The molecule has 3 aliphatic rings. The van der Waals surface area contributed by atoms with Gasteiger partial charge in [0.15, 0.2) is 0 Å². The number of carbonyl (C=O) groups excluding carboxylic acids is 1. The lowest BCUT2D eigenvalue weighted by Gasteiger charge is -2.32. The molecule has 2 saturated carbocycles. The highest BCUT2D eigenvalue weighted by molar-refractivity contribution is 5.74. The molecule has 1 aromatic rings. The number of benzene rings is 1. The zero-order chi connectivity index (χ0) is 18.8. The molecule has 0 aromatic heterocycles. The molecule has 2 aliphatic carbocycles. The van der Waals surface area contributed by atoms with Crippen LogP contribution in [0.3, 0.4) is 0 Å². The number of para-hydroxylation sites is 1. The minimum absolute atomic E-state index is 0.0379. The fourth-order valence-electron chi connectivity index (χ4n) is 5.40. The summed E-state index contributed by atoms with van der Waals surface area (Å²) in [7, 11) is 0. The van der Waals surface area contributed by atoms with Crippen LogP contribution in [0, 0.1) is 17.8 Å². The maximum atomic E-state index is 13.1. The fraction of sp³-hybridized carbons (Fsp3) is 0.682. The number of rotatable bonds is 6. The van der Waals surface area contributed by atoms with Crippen molar-refractivity contribution in [3.63, 3.8) is 0 Å². The van der Waals surface area contributed by atoms with Gasteiger partial charge in [0.1, 0.15) is 5.75 Å². The van der Waals surface area contributed by atoms with Crippen molar-refractivity contribution < 1.29 is 14.6 Å². The second kappa shape index (κ2) is 8.09. The van der Waals surface area contributed by atoms with Gasteiger partial charge >= 0.3 is 6.03 Å². The quantitative estimate of drug-likeness (QED) is 0.796. The van der Waals surface area contributed by atoms with Gasteiger partial charge in [0.25, 0.3) is 0 Å². The van der Waals surface area contributed by atoms with E-state index < -0.39 is 0 Å². The molecular weight excluding hydrogens is 340 g/mol. The fourth-order valence-corrected chi connectivity index (χ4v) is 5.40. The zero-order valence-electron chi connectivity index (χ0n) is 16.3. The number of phenolic OH excluding ortho intramolecular Hbond substituents is 1. The number of aromatic hydroxyl groups is 1. The van der Waals surface area contributed by atoms with Crippen LogP contribution in [0.25, 0.3) is 0 Å². The summed E-state index contributed by atoms with van der Waals surface area (Å²) in [6, 6.07) is 7.42. The van der Waals surface area contributed by atoms with E-state index >= 15 is 0 Å². The molecule has 3 fully saturated rings. The molecule has 27 heavy (non-hydrogen) atoms. The van der Waals surface area contributed by atoms with Crippen molar-refractivity contribution in [1.82, 2.24) is 10.2 Å². The first-order valence-corrected chi connectivity index (χ1v) is 10.5. The third-order valence-corrected chi connectivity index (χ3v) is 6.87. The third kappa shape index (κ3) is 4.23. The van der Waals surface area contributed by atoms with E-state index in [9.17, 15) is 9.90 Å². The number of fused-ring (bicyclic) bond motifs is 2. The third-order valence-electron chi connectivity index (χ3n) is 6.87. The highest BCUT2D eigenvalue weighted by atomic mass is 16.5. The molecule has 1 aliphatic heterocycles. The van der Waals surface area contributed by atoms with Gasteiger partial charge in [-0.05, 0) is 62.8 Å². The zero-order valence-corrected chi connectivity index (χ0v) is 16.3. The summed E-state index contributed by atoms with van der Waals surface area (Å²) in [4.78, 5) is 14.9. The van der Waals surface area contributed by atoms with Crippen LogP contribution in [0.15, 0.2) is 24.3 Å². The number of phenols is 1. The second-order valence-corrected chi connectivity index (χ2v) is 8.72. The minimum atomic E-state index is -0.0379. The van der Waals surface area contributed by atoms with Gasteiger partial charge in [-0.25, -0.2) is 4.79 Å². The smallest absolute Gasteiger partial charge is 0.318 e. The van der Waals surface area contributed by atoms with E-state index in [2.05, 4.69) is 12.2 Å². The van der Waals surface area contributed by atoms with Crippen LogP contribution >= 0.6 is 0 Å². The van der Waals surface area contributed by atoms with Crippen molar-refractivity contribution in [3.05, 3.63) is 29.8 Å². The summed E-state index contributed by atoms with van der Waals surface area (Å²) in [6.45, 7) is 3.91. The van der Waals surface area contributed by atoms with E-state index in [1.807, 2.05) is 17.0 Å². The normalized spacial score (nSPS) is 30.4. The number of hydrogen-bond donors (Lipinski definition) is 2. The number of ether oxygens (including phenoxy) is 1. The lowest BCUT2D eigenvalue weighted by molar-refractivity contribution is 0.0779. The van der Waals surface area contributed by atoms with E-state index in [4.69, 9.17) is 4.74 Å². The summed E-state index contributed by atoms with van der Waals surface area (Å²) in [6.07, 6.45) is 7.46. The Bertz CT molecular complexity index is 659. The van der Waals surface area contributed by atoms with Gasteiger partial charge in [-0.3, -0.25) is 0 Å². The SMILES string of the molecule is CC(NC(=O)N(Cc1ccccc1O)CC1CCCO1)C1CC2CCC1C2. The molecule has 1 heterocycles. The second-order valence-electron chi connectivity index (χ2n) is 8.72. The summed E-state index contributed by atoms with van der Waals surface area (Å²) < 4.78 is 5.76. The Morgan fingerprint density at radius 1 is 1.30 bits per heavy atom. The van der Waals surface area contributed by atoms with Crippen molar-refractivity contribution in [2.45, 2.75) is 64.1 Å². The van der Waals surface area contributed by atoms with Crippen LogP contribution in [-0.2, 0) is 11.3 Å². The number of nitrogens with zero attached hydrogens (tertiary/aromatic N) is 1. The molecule has 5 heteroatoms. The molecule has 5 nitrogen and oxygen atoms in total. The summed E-state index contributed by atoms with van der Waals surface area (Å²) in [5.41, 5.74) is 0.776. The Balaban J connectivity index is 1.42. The Kier molecular flexibility index (Phi) is 5.58. The van der Waals surface area contributed by atoms with E-state index in [0.29, 0.717) is 19.0 Å². The molecule has 5 atom stereocenters. The van der Waals surface area contributed by atoms with Gasteiger partial charge in [-0.1, -0.05) is 24.6 Å². The van der Waals surface area contributed by atoms with Crippen LogP contribution in [0.1, 0.15) is 51.0 Å². The topological polar surface area (TPSA) is 61.8 Å². The van der Waals surface area contributed by atoms with Crippen LogP contribution in [-0.4, -0.2) is 41.3 Å². The van der Waals surface area contributed by atoms with E-state index in [1.54, 1.807) is 12.1 Å². The van der Waals surface area contributed by atoms with Gasteiger partial charge in [0.2, 0.25) is 0 Å². The molecule has 2 bridgehead atoms. The first-order chi connectivity index (χ1) is 13.1. The number of hydrogen-bond acceptors (Lipinski definition) is 3. The van der Waals surface area contributed by atoms with Gasteiger partial charge in [-0.2, -0.15) is 0 Å². The Hall–Kier alpha value is -1.75. The van der Waals surface area contributed by atoms with Crippen molar-refractivity contribution in [2.75, 3.05) is 13.2 Å². The summed E-state index contributed by atoms with van der Waals surface area (Å²) in [5.74, 6) is 2.52. The van der Waals surface area contributed by atoms with Gasteiger partial charge in [-0.15, -0.1) is 0 Å². The number of urea groups is 1. The van der Waals surface area contributed by atoms with E-state index in [1.165, 1.54) is 25.7 Å². The molecule has 1 saturated heterocycles. The lowest BCUT2D eigenvalue weighted by atomic mass is 9.84. The summed E-state index contributed by atoms with van der Waals surface area (Å²) >= 11 is 0. The predicted octanol–water partition coefficient (Wildman–Crippen LogP) is 3.91. The summed E-state index contributed by atoms with van der Waals surface area (Å²) in [5, 5.41) is 13.4.